The highest BCUT2D eigenvalue weighted by molar-refractivity contribution is 5.76. The fraction of sp³-hybridized carbons (Fsp3) is 0.353. The van der Waals surface area contributed by atoms with Crippen molar-refractivity contribution in [3.63, 3.8) is 0 Å². The lowest BCUT2D eigenvalue weighted by Crippen LogP contribution is -2.24. The van der Waals surface area contributed by atoms with Crippen molar-refractivity contribution in [1.82, 2.24) is 10.3 Å². The molecule has 0 radical (unpaired) electrons. The Morgan fingerprint density at radius 1 is 1.39 bits per heavy atom. The van der Waals surface area contributed by atoms with Crippen molar-refractivity contribution in [3.8, 4) is 6.07 Å². The third kappa shape index (κ3) is 3.69. The second-order valence-electron chi connectivity index (χ2n) is 5.45. The number of amides is 1. The smallest absolute Gasteiger partial charge is 0.266 e. The largest absolute Gasteiger partial charge is 0.469 e. The fourth-order valence-electron chi connectivity index (χ4n) is 2.54. The summed E-state index contributed by atoms with van der Waals surface area (Å²) in [4.78, 5) is 26.3. The van der Waals surface area contributed by atoms with E-state index in [0.29, 0.717) is 24.2 Å². The maximum atomic E-state index is 12.0. The van der Waals surface area contributed by atoms with Gasteiger partial charge in [0.25, 0.3) is 5.56 Å². The molecule has 23 heavy (non-hydrogen) atoms. The number of aromatic amines is 1. The van der Waals surface area contributed by atoms with Crippen LogP contribution < -0.4 is 10.9 Å². The van der Waals surface area contributed by atoms with Crippen molar-refractivity contribution in [3.05, 3.63) is 56.4 Å². The van der Waals surface area contributed by atoms with Gasteiger partial charge in [-0.25, -0.2) is 0 Å². The zero-order chi connectivity index (χ0) is 17.0. The molecule has 0 aromatic carbocycles. The molecule has 0 bridgehead atoms. The molecule has 0 saturated heterocycles. The summed E-state index contributed by atoms with van der Waals surface area (Å²) in [6.45, 7) is 5.78. The summed E-state index contributed by atoms with van der Waals surface area (Å²) < 4.78 is 5.18. The summed E-state index contributed by atoms with van der Waals surface area (Å²) in [5.74, 6) is 0.699. The molecular formula is C17H19N3O3. The van der Waals surface area contributed by atoms with Gasteiger partial charge in [0.2, 0.25) is 5.91 Å². The van der Waals surface area contributed by atoms with Crippen molar-refractivity contribution < 1.29 is 9.21 Å². The molecule has 6 heteroatoms. The van der Waals surface area contributed by atoms with Crippen LogP contribution in [0.1, 0.15) is 40.1 Å². The van der Waals surface area contributed by atoms with Gasteiger partial charge in [-0.3, -0.25) is 9.59 Å². The first-order valence-electron chi connectivity index (χ1n) is 7.36. The Hall–Kier alpha value is -2.81. The molecule has 2 aromatic heterocycles. The number of pyridine rings is 1. The standard InChI is InChI=1S/C17H19N3O3/c1-10-14(11(2)20-17(22)15(10)8-18)4-5-16(21)19-9-13-6-7-23-12(13)3/h6-7H,4-5,9H2,1-3H3,(H,19,21)(H,20,22). The van der Waals surface area contributed by atoms with Gasteiger partial charge < -0.3 is 14.7 Å². The molecule has 2 aromatic rings. The van der Waals surface area contributed by atoms with Gasteiger partial charge in [-0.05, 0) is 44.4 Å². The topological polar surface area (TPSA) is 98.9 Å². The Labute approximate surface area is 134 Å². The molecule has 6 nitrogen and oxygen atoms in total. The summed E-state index contributed by atoms with van der Waals surface area (Å²) in [5, 5.41) is 11.9. The molecule has 0 unspecified atom stereocenters. The Balaban J connectivity index is 2.01. The molecule has 0 aliphatic heterocycles. The number of carbonyl (C=O) groups is 1. The summed E-state index contributed by atoms with van der Waals surface area (Å²) >= 11 is 0. The first-order chi connectivity index (χ1) is 10.9. The maximum absolute atomic E-state index is 12.0. The number of hydrogen-bond acceptors (Lipinski definition) is 4. The molecule has 2 rings (SSSR count). The van der Waals surface area contributed by atoms with Gasteiger partial charge in [0, 0.05) is 24.2 Å². The van der Waals surface area contributed by atoms with E-state index in [1.807, 2.05) is 19.1 Å². The quantitative estimate of drug-likeness (QED) is 0.882. The van der Waals surface area contributed by atoms with E-state index in [0.717, 1.165) is 16.9 Å². The molecule has 120 valence electrons. The summed E-state index contributed by atoms with van der Waals surface area (Å²) in [6, 6.07) is 3.74. The predicted octanol–water partition coefficient (Wildman–Crippen LogP) is 2.01. The molecular weight excluding hydrogens is 294 g/mol. The van der Waals surface area contributed by atoms with E-state index < -0.39 is 0 Å². The minimum Gasteiger partial charge on any atom is -0.469 e. The van der Waals surface area contributed by atoms with Crippen LogP contribution in [0.3, 0.4) is 0 Å². The van der Waals surface area contributed by atoms with Gasteiger partial charge in [0.05, 0.1) is 6.26 Å². The number of rotatable bonds is 5. The van der Waals surface area contributed by atoms with Crippen LogP contribution >= 0.6 is 0 Å². The minimum absolute atomic E-state index is 0.0888. The molecule has 0 fully saturated rings. The fourth-order valence-corrected chi connectivity index (χ4v) is 2.54. The lowest BCUT2D eigenvalue weighted by molar-refractivity contribution is -0.121. The zero-order valence-corrected chi connectivity index (χ0v) is 13.4. The maximum Gasteiger partial charge on any atom is 0.266 e. The normalized spacial score (nSPS) is 10.3. The number of H-pyrrole nitrogens is 1. The van der Waals surface area contributed by atoms with Crippen LogP contribution in [0, 0.1) is 32.1 Å². The first kappa shape index (κ1) is 16.6. The predicted molar refractivity (Wildman–Crippen MR) is 84.9 cm³/mol. The van der Waals surface area contributed by atoms with Gasteiger partial charge in [-0.2, -0.15) is 5.26 Å². The van der Waals surface area contributed by atoms with Gasteiger partial charge >= 0.3 is 0 Å². The first-order valence-corrected chi connectivity index (χ1v) is 7.36. The molecule has 0 atom stereocenters. The second kappa shape index (κ2) is 6.97. The third-order valence-electron chi connectivity index (χ3n) is 3.96. The van der Waals surface area contributed by atoms with Crippen molar-refractivity contribution in [1.29, 1.82) is 5.26 Å². The number of nitriles is 1. The summed E-state index contributed by atoms with van der Waals surface area (Å²) in [6.07, 6.45) is 2.35. The number of nitrogens with zero attached hydrogens (tertiary/aromatic N) is 1. The van der Waals surface area contributed by atoms with Gasteiger partial charge in [0.1, 0.15) is 17.4 Å². The molecule has 0 spiro atoms. The van der Waals surface area contributed by atoms with Crippen LogP contribution in [-0.2, 0) is 17.8 Å². The molecule has 1 amide bonds. The molecule has 2 N–H and O–H groups in total. The summed E-state index contributed by atoms with van der Waals surface area (Å²) in [5.41, 5.74) is 2.86. The van der Waals surface area contributed by atoms with Crippen molar-refractivity contribution in [2.24, 2.45) is 0 Å². The van der Waals surface area contributed by atoms with Crippen molar-refractivity contribution in [2.75, 3.05) is 0 Å². The van der Waals surface area contributed by atoms with Gasteiger partial charge in [-0.1, -0.05) is 0 Å². The van der Waals surface area contributed by atoms with Crippen LogP contribution in [0.25, 0.3) is 0 Å². The molecule has 0 aliphatic rings. The van der Waals surface area contributed by atoms with E-state index in [9.17, 15) is 9.59 Å². The van der Waals surface area contributed by atoms with Crippen LogP contribution in [0.5, 0.6) is 0 Å². The number of hydrogen-bond donors (Lipinski definition) is 2. The second-order valence-corrected chi connectivity index (χ2v) is 5.45. The Bertz CT molecular complexity index is 825. The van der Waals surface area contributed by atoms with E-state index in [1.54, 1.807) is 20.1 Å². The summed E-state index contributed by atoms with van der Waals surface area (Å²) in [7, 11) is 0. The highest BCUT2D eigenvalue weighted by Gasteiger charge is 2.13. The Morgan fingerprint density at radius 3 is 2.74 bits per heavy atom. The number of aryl methyl sites for hydroxylation is 2. The van der Waals surface area contributed by atoms with Gasteiger partial charge in [-0.15, -0.1) is 0 Å². The van der Waals surface area contributed by atoms with Crippen molar-refractivity contribution in [2.45, 2.75) is 40.2 Å². The lowest BCUT2D eigenvalue weighted by atomic mass is 9.99. The van der Waals surface area contributed by atoms with E-state index in [4.69, 9.17) is 9.68 Å². The van der Waals surface area contributed by atoms with Crippen LogP contribution in [0.4, 0.5) is 0 Å². The van der Waals surface area contributed by atoms with E-state index in [2.05, 4.69) is 10.3 Å². The SMILES string of the molecule is Cc1[nH]c(=O)c(C#N)c(C)c1CCC(=O)NCc1ccoc1C. The zero-order valence-electron chi connectivity index (χ0n) is 13.4. The minimum atomic E-state index is -0.383. The van der Waals surface area contributed by atoms with Crippen LogP contribution in [0.2, 0.25) is 0 Å². The van der Waals surface area contributed by atoms with Crippen molar-refractivity contribution >= 4 is 5.91 Å². The Morgan fingerprint density at radius 2 is 2.13 bits per heavy atom. The third-order valence-corrected chi connectivity index (χ3v) is 3.96. The molecule has 0 saturated carbocycles. The molecule has 0 aliphatic carbocycles. The number of carbonyl (C=O) groups excluding carboxylic acids is 1. The number of nitrogens with one attached hydrogen (secondary N) is 2. The van der Waals surface area contributed by atoms with E-state index in [-0.39, 0.29) is 23.5 Å². The average Bonchev–Trinajstić information content (AvgIpc) is 2.90. The monoisotopic (exact) mass is 313 g/mol. The Kier molecular flexibility index (Phi) is 5.02. The van der Waals surface area contributed by atoms with E-state index in [1.165, 1.54) is 0 Å². The number of furan rings is 1. The van der Waals surface area contributed by atoms with Crippen LogP contribution in [0.15, 0.2) is 21.5 Å². The van der Waals surface area contributed by atoms with E-state index >= 15 is 0 Å². The lowest BCUT2D eigenvalue weighted by Gasteiger charge is -2.11. The number of aromatic nitrogens is 1. The highest BCUT2D eigenvalue weighted by atomic mass is 16.3. The van der Waals surface area contributed by atoms with Gasteiger partial charge in [0.15, 0.2) is 0 Å². The van der Waals surface area contributed by atoms with Crippen LogP contribution in [-0.4, -0.2) is 10.9 Å². The highest BCUT2D eigenvalue weighted by Crippen LogP contribution is 2.15. The average molecular weight is 313 g/mol. The molecule has 2 heterocycles.